The van der Waals surface area contributed by atoms with Crippen LogP contribution in [0.2, 0.25) is 0 Å². The molecule has 2 atom stereocenters. The van der Waals surface area contributed by atoms with Crippen molar-refractivity contribution < 1.29 is 4.79 Å². The fraction of sp³-hybridized carbons (Fsp3) is 0.909. The van der Waals surface area contributed by atoms with Gasteiger partial charge in [0.05, 0.1) is 0 Å². The number of nitrogens with one attached hydrogen (secondary N) is 2. The lowest BCUT2D eigenvalue weighted by Crippen LogP contribution is -2.55. The molecule has 1 saturated heterocycles. The number of amides is 1. The van der Waals surface area contributed by atoms with Crippen molar-refractivity contribution in [1.82, 2.24) is 10.6 Å². The van der Waals surface area contributed by atoms with E-state index in [-0.39, 0.29) is 11.4 Å². The normalized spacial score (nSPS) is 27.7. The summed E-state index contributed by atoms with van der Waals surface area (Å²) in [5.74, 6) is 0.186. The van der Waals surface area contributed by atoms with E-state index in [1.165, 1.54) is 0 Å². The smallest absolute Gasteiger partial charge is 0.217 e. The Bertz CT molecular complexity index is 222. The summed E-state index contributed by atoms with van der Waals surface area (Å²) >= 11 is 0. The molecular formula is C11H23N3O. The number of carbonyl (C=O) groups is 1. The fourth-order valence-corrected chi connectivity index (χ4v) is 2.14. The van der Waals surface area contributed by atoms with Gasteiger partial charge in [0, 0.05) is 24.5 Å². The van der Waals surface area contributed by atoms with Gasteiger partial charge in [-0.15, -0.1) is 0 Å². The third kappa shape index (κ3) is 4.62. The molecule has 0 saturated carbocycles. The molecule has 1 aliphatic heterocycles. The highest BCUT2D eigenvalue weighted by atomic mass is 16.1. The van der Waals surface area contributed by atoms with Gasteiger partial charge in [-0.1, -0.05) is 0 Å². The molecule has 0 aliphatic carbocycles. The Morgan fingerprint density at radius 1 is 1.53 bits per heavy atom. The number of hydrogen-bond acceptors (Lipinski definition) is 3. The van der Waals surface area contributed by atoms with E-state index in [4.69, 9.17) is 5.73 Å². The first-order valence-corrected chi connectivity index (χ1v) is 5.65. The monoisotopic (exact) mass is 213 g/mol. The Hall–Kier alpha value is -0.610. The molecule has 0 aromatic rings. The van der Waals surface area contributed by atoms with Crippen LogP contribution < -0.4 is 16.4 Å². The highest BCUT2D eigenvalue weighted by Gasteiger charge is 2.28. The van der Waals surface area contributed by atoms with Crippen molar-refractivity contribution in [2.45, 2.75) is 45.2 Å². The molecule has 1 aliphatic rings. The lowest BCUT2D eigenvalue weighted by atomic mass is 9.88. The molecule has 1 heterocycles. The summed E-state index contributed by atoms with van der Waals surface area (Å²) < 4.78 is 0. The summed E-state index contributed by atoms with van der Waals surface area (Å²) in [5.41, 5.74) is 5.35. The minimum absolute atomic E-state index is 0.0829. The molecule has 0 aromatic heterocycles. The van der Waals surface area contributed by atoms with E-state index < -0.39 is 0 Å². The van der Waals surface area contributed by atoms with Gasteiger partial charge >= 0.3 is 0 Å². The molecule has 0 aromatic carbocycles. The van der Waals surface area contributed by atoms with Gasteiger partial charge in [0.25, 0.3) is 0 Å². The second kappa shape index (κ2) is 4.94. The summed E-state index contributed by atoms with van der Waals surface area (Å²) in [4.78, 5) is 11.0. The average molecular weight is 213 g/mol. The van der Waals surface area contributed by atoms with Crippen LogP contribution in [0.1, 0.15) is 33.6 Å². The van der Waals surface area contributed by atoms with Gasteiger partial charge in [0.15, 0.2) is 0 Å². The van der Waals surface area contributed by atoms with E-state index in [9.17, 15) is 4.79 Å². The zero-order valence-corrected chi connectivity index (χ0v) is 9.97. The van der Waals surface area contributed by atoms with E-state index in [1.807, 2.05) is 0 Å². The fourth-order valence-electron chi connectivity index (χ4n) is 2.14. The van der Waals surface area contributed by atoms with Crippen molar-refractivity contribution in [2.24, 2.45) is 11.7 Å². The molecule has 1 rings (SSSR count). The van der Waals surface area contributed by atoms with Crippen molar-refractivity contribution in [1.29, 1.82) is 0 Å². The minimum atomic E-state index is -0.192. The zero-order chi connectivity index (χ0) is 11.5. The van der Waals surface area contributed by atoms with Gasteiger partial charge in [-0.25, -0.2) is 0 Å². The number of nitrogens with two attached hydrogens (primary N) is 1. The van der Waals surface area contributed by atoms with Crippen molar-refractivity contribution in [3.05, 3.63) is 0 Å². The van der Waals surface area contributed by atoms with E-state index in [0.29, 0.717) is 18.4 Å². The van der Waals surface area contributed by atoms with Crippen molar-refractivity contribution >= 4 is 5.91 Å². The van der Waals surface area contributed by atoms with Gasteiger partial charge in [-0.05, 0) is 39.7 Å². The van der Waals surface area contributed by atoms with Crippen LogP contribution in [0.25, 0.3) is 0 Å². The standard InChI is InChI=1S/C11H23N3O/c1-11(2,3)14-9-7-13-5-4-8(9)6-10(12)15/h8-9,13-14H,4-7H2,1-3H3,(H2,12,15). The van der Waals surface area contributed by atoms with Crippen molar-refractivity contribution in [2.75, 3.05) is 13.1 Å². The van der Waals surface area contributed by atoms with Crippen LogP contribution in [-0.4, -0.2) is 30.6 Å². The molecule has 4 N–H and O–H groups in total. The number of piperidine rings is 1. The molecule has 88 valence electrons. The van der Waals surface area contributed by atoms with Crippen LogP contribution in [-0.2, 0) is 4.79 Å². The van der Waals surface area contributed by atoms with Crippen LogP contribution in [0.5, 0.6) is 0 Å². The van der Waals surface area contributed by atoms with Crippen LogP contribution in [0.3, 0.4) is 0 Å². The number of primary amides is 1. The van der Waals surface area contributed by atoms with Gasteiger partial charge in [0.1, 0.15) is 0 Å². The van der Waals surface area contributed by atoms with E-state index >= 15 is 0 Å². The summed E-state index contributed by atoms with van der Waals surface area (Å²) in [6.45, 7) is 8.34. The highest BCUT2D eigenvalue weighted by molar-refractivity contribution is 5.74. The molecule has 15 heavy (non-hydrogen) atoms. The first-order chi connectivity index (χ1) is 6.88. The van der Waals surface area contributed by atoms with Gasteiger partial charge < -0.3 is 16.4 Å². The zero-order valence-electron chi connectivity index (χ0n) is 9.97. The maximum Gasteiger partial charge on any atom is 0.217 e. The van der Waals surface area contributed by atoms with E-state index in [1.54, 1.807) is 0 Å². The SMILES string of the molecule is CC(C)(C)NC1CNCCC1CC(N)=O. The quantitative estimate of drug-likeness (QED) is 0.628. The molecule has 1 amide bonds. The van der Waals surface area contributed by atoms with E-state index in [0.717, 1.165) is 19.5 Å². The molecule has 1 fully saturated rings. The van der Waals surface area contributed by atoms with E-state index in [2.05, 4.69) is 31.4 Å². The van der Waals surface area contributed by atoms with Crippen molar-refractivity contribution in [3.8, 4) is 0 Å². The molecule has 2 unspecified atom stereocenters. The largest absolute Gasteiger partial charge is 0.370 e. The maximum absolute atomic E-state index is 11.0. The van der Waals surface area contributed by atoms with Gasteiger partial charge in [-0.3, -0.25) is 4.79 Å². The predicted octanol–water partition coefficient (Wildman–Crippen LogP) is 0.228. The Labute approximate surface area is 92.0 Å². The topological polar surface area (TPSA) is 67.2 Å². The van der Waals surface area contributed by atoms with Crippen LogP contribution in [0.4, 0.5) is 0 Å². The summed E-state index contributed by atoms with van der Waals surface area (Å²) in [6, 6.07) is 0.353. The molecule has 4 heteroatoms. The van der Waals surface area contributed by atoms with Crippen LogP contribution >= 0.6 is 0 Å². The molecule has 0 spiro atoms. The first kappa shape index (κ1) is 12.5. The van der Waals surface area contributed by atoms with Crippen LogP contribution in [0, 0.1) is 5.92 Å². The Morgan fingerprint density at radius 2 is 2.20 bits per heavy atom. The maximum atomic E-state index is 11.0. The number of rotatable bonds is 3. The highest BCUT2D eigenvalue weighted by Crippen LogP contribution is 2.18. The number of hydrogen-bond donors (Lipinski definition) is 3. The summed E-state index contributed by atoms with van der Waals surface area (Å²) in [7, 11) is 0. The minimum Gasteiger partial charge on any atom is -0.370 e. The van der Waals surface area contributed by atoms with Gasteiger partial charge in [-0.2, -0.15) is 0 Å². The molecule has 4 nitrogen and oxygen atoms in total. The Balaban J connectivity index is 2.53. The van der Waals surface area contributed by atoms with Crippen molar-refractivity contribution in [3.63, 3.8) is 0 Å². The Kier molecular flexibility index (Phi) is 4.11. The summed E-state index contributed by atoms with van der Waals surface area (Å²) in [6.07, 6.45) is 1.52. The third-order valence-corrected chi connectivity index (χ3v) is 2.71. The Morgan fingerprint density at radius 3 is 2.73 bits per heavy atom. The molecule has 0 radical (unpaired) electrons. The second-order valence-electron chi connectivity index (χ2n) is 5.42. The molecule has 0 bridgehead atoms. The first-order valence-electron chi connectivity index (χ1n) is 5.65. The lowest BCUT2D eigenvalue weighted by molar-refractivity contribution is -0.119. The summed E-state index contributed by atoms with van der Waals surface area (Å²) in [5, 5.41) is 6.89. The second-order valence-corrected chi connectivity index (χ2v) is 5.42. The molecular weight excluding hydrogens is 190 g/mol. The predicted molar refractivity (Wildman–Crippen MR) is 61.5 cm³/mol. The van der Waals surface area contributed by atoms with Gasteiger partial charge in [0.2, 0.25) is 5.91 Å². The average Bonchev–Trinajstić information content (AvgIpc) is 2.05. The van der Waals surface area contributed by atoms with Crippen LogP contribution in [0.15, 0.2) is 0 Å². The number of carbonyl (C=O) groups excluding carboxylic acids is 1. The third-order valence-electron chi connectivity index (χ3n) is 2.71. The lowest BCUT2D eigenvalue weighted by Gasteiger charge is -2.37.